The summed E-state index contributed by atoms with van der Waals surface area (Å²) in [5.74, 6) is 1.15. The van der Waals surface area contributed by atoms with Gasteiger partial charge in [0.15, 0.2) is 0 Å². The molecule has 2 heteroatoms. The van der Waals surface area contributed by atoms with Crippen molar-refractivity contribution in [3.05, 3.63) is 29.3 Å². The molecule has 1 fully saturated rings. The lowest BCUT2D eigenvalue weighted by Crippen LogP contribution is -2.36. The van der Waals surface area contributed by atoms with Crippen LogP contribution < -0.4 is 10.1 Å². The number of nitrogens with one attached hydrogen (secondary N) is 1. The zero-order valence-corrected chi connectivity index (χ0v) is 11.2. The van der Waals surface area contributed by atoms with E-state index in [0.29, 0.717) is 12.1 Å². The first kappa shape index (κ1) is 12.0. The highest BCUT2D eigenvalue weighted by atomic mass is 16.5. The van der Waals surface area contributed by atoms with Crippen LogP contribution in [0, 0.1) is 0 Å². The van der Waals surface area contributed by atoms with E-state index in [1.165, 1.54) is 56.1 Å². The maximum atomic E-state index is 6.31. The Morgan fingerprint density at radius 1 is 1.11 bits per heavy atom. The minimum atomic E-state index is 0.364. The zero-order valence-electron chi connectivity index (χ0n) is 11.2. The molecule has 2 aliphatic carbocycles. The minimum absolute atomic E-state index is 0.364. The normalized spacial score (nSPS) is 26.9. The van der Waals surface area contributed by atoms with Gasteiger partial charge in [0.2, 0.25) is 0 Å². The second-order valence-corrected chi connectivity index (χ2v) is 5.58. The van der Waals surface area contributed by atoms with Gasteiger partial charge in [-0.25, -0.2) is 0 Å². The quantitative estimate of drug-likeness (QED) is 0.883. The van der Waals surface area contributed by atoms with E-state index in [-0.39, 0.29) is 0 Å². The number of hydrogen-bond acceptors (Lipinski definition) is 2. The average Bonchev–Trinajstić information content (AvgIpc) is 2.86. The maximum absolute atomic E-state index is 6.31. The molecule has 0 amide bonds. The maximum Gasteiger partial charge on any atom is 0.123 e. The molecule has 0 aromatic heterocycles. The number of likely N-dealkylation sites (N-methyl/N-ethyl adjacent to an activating group) is 1. The highest BCUT2D eigenvalue weighted by molar-refractivity contribution is 5.42. The van der Waals surface area contributed by atoms with Crippen molar-refractivity contribution in [2.75, 3.05) is 7.05 Å². The van der Waals surface area contributed by atoms with Gasteiger partial charge in [-0.3, -0.25) is 0 Å². The molecule has 0 spiro atoms. The SMILES string of the molecule is CNC1CCCC1Oc1cccc2c1CCCC2. The van der Waals surface area contributed by atoms with Crippen molar-refractivity contribution in [2.24, 2.45) is 0 Å². The van der Waals surface area contributed by atoms with Crippen LogP contribution in [0.25, 0.3) is 0 Å². The van der Waals surface area contributed by atoms with E-state index in [2.05, 4.69) is 23.5 Å². The van der Waals surface area contributed by atoms with Gasteiger partial charge < -0.3 is 10.1 Å². The number of rotatable bonds is 3. The molecule has 2 atom stereocenters. The van der Waals surface area contributed by atoms with Crippen molar-refractivity contribution in [1.82, 2.24) is 5.32 Å². The first-order valence-electron chi connectivity index (χ1n) is 7.33. The zero-order chi connectivity index (χ0) is 12.4. The van der Waals surface area contributed by atoms with Crippen LogP contribution in [0.1, 0.15) is 43.2 Å². The van der Waals surface area contributed by atoms with Crippen LogP contribution in [0.15, 0.2) is 18.2 Å². The van der Waals surface area contributed by atoms with E-state index >= 15 is 0 Å². The number of benzene rings is 1. The molecular weight excluding hydrogens is 222 g/mol. The van der Waals surface area contributed by atoms with Gasteiger partial charge in [0.05, 0.1) is 0 Å². The third-order valence-corrected chi connectivity index (χ3v) is 4.45. The van der Waals surface area contributed by atoms with Crippen LogP contribution in [0.2, 0.25) is 0 Å². The van der Waals surface area contributed by atoms with Crippen LogP contribution in [-0.4, -0.2) is 19.2 Å². The van der Waals surface area contributed by atoms with Gasteiger partial charge >= 0.3 is 0 Å². The van der Waals surface area contributed by atoms with E-state index in [1.807, 2.05) is 7.05 Å². The molecule has 18 heavy (non-hydrogen) atoms. The van der Waals surface area contributed by atoms with E-state index in [0.717, 1.165) is 5.75 Å². The number of hydrogen-bond donors (Lipinski definition) is 1. The molecule has 2 nitrogen and oxygen atoms in total. The molecule has 1 aromatic rings. The number of ether oxygens (including phenoxy) is 1. The van der Waals surface area contributed by atoms with Gasteiger partial charge in [-0.1, -0.05) is 12.1 Å². The Bertz CT molecular complexity index is 416. The smallest absolute Gasteiger partial charge is 0.123 e. The Kier molecular flexibility index (Phi) is 3.55. The third kappa shape index (κ3) is 2.26. The Morgan fingerprint density at radius 3 is 2.89 bits per heavy atom. The van der Waals surface area contributed by atoms with Gasteiger partial charge in [-0.15, -0.1) is 0 Å². The summed E-state index contributed by atoms with van der Waals surface area (Å²) in [6, 6.07) is 7.12. The highest BCUT2D eigenvalue weighted by Crippen LogP contribution is 2.32. The van der Waals surface area contributed by atoms with Gasteiger partial charge in [-0.2, -0.15) is 0 Å². The fraction of sp³-hybridized carbons (Fsp3) is 0.625. The van der Waals surface area contributed by atoms with Crippen LogP contribution >= 0.6 is 0 Å². The molecule has 1 N–H and O–H groups in total. The molecule has 0 bridgehead atoms. The van der Waals surface area contributed by atoms with E-state index in [4.69, 9.17) is 4.74 Å². The summed E-state index contributed by atoms with van der Waals surface area (Å²) < 4.78 is 6.31. The Balaban J connectivity index is 1.80. The van der Waals surface area contributed by atoms with Crippen LogP contribution in [0.4, 0.5) is 0 Å². The standard InChI is InChI=1S/C16H23NO/c1-17-14-9-5-11-16(14)18-15-10-4-7-12-6-2-3-8-13(12)15/h4,7,10,14,16-17H,2-3,5-6,8-9,11H2,1H3. The summed E-state index contributed by atoms with van der Waals surface area (Å²) in [5.41, 5.74) is 2.99. The highest BCUT2D eigenvalue weighted by Gasteiger charge is 2.28. The molecule has 2 unspecified atom stereocenters. The summed E-state index contributed by atoms with van der Waals surface area (Å²) in [4.78, 5) is 0. The predicted octanol–water partition coefficient (Wildman–Crippen LogP) is 3.08. The fourth-order valence-corrected chi connectivity index (χ4v) is 3.42. The summed E-state index contributed by atoms with van der Waals surface area (Å²) in [7, 11) is 2.05. The van der Waals surface area contributed by atoms with Crippen molar-refractivity contribution in [1.29, 1.82) is 0 Å². The molecule has 98 valence electrons. The first-order valence-corrected chi connectivity index (χ1v) is 7.33. The molecular formula is C16H23NO. The second-order valence-electron chi connectivity index (χ2n) is 5.58. The van der Waals surface area contributed by atoms with Gasteiger partial charge in [0.1, 0.15) is 11.9 Å². The summed E-state index contributed by atoms with van der Waals surface area (Å²) >= 11 is 0. The number of fused-ring (bicyclic) bond motifs is 1. The molecule has 1 saturated carbocycles. The van der Waals surface area contributed by atoms with Crippen molar-refractivity contribution in [3.8, 4) is 5.75 Å². The van der Waals surface area contributed by atoms with Crippen LogP contribution in [0.5, 0.6) is 5.75 Å². The predicted molar refractivity (Wildman–Crippen MR) is 74.2 cm³/mol. The monoisotopic (exact) mass is 245 g/mol. The van der Waals surface area contributed by atoms with E-state index in [1.54, 1.807) is 0 Å². The molecule has 0 aliphatic heterocycles. The van der Waals surface area contributed by atoms with E-state index < -0.39 is 0 Å². The molecule has 3 rings (SSSR count). The Morgan fingerprint density at radius 2 is 2.00 bits per heavy atom. The van der Waals surface area contributed by atoms with Crippen LogP contribution in [-0.2, 0) is 12.8 Å². The van der Waals surface area contributed by atoms with Crippen molar-refractivity contribution in [2.45, 2.75) is 57.1 Å². The van der Waals surface area contributed by atoms with Gasteiger partial charge in [0, 0.05) is 6.04 Å². The lowest BCUT2D eigenvalue weighted by molar-refractivity contribution is 0.176. The summed E-state index contributed by atoms with van der Waals surface area (Å²) in [6.45, 7) is 0. The molecule has 1 aromatic carbocycles. The minimum Gasteiger partial charge on any atom is -0.489 e. The number of aryl methyl sites for hydroxylation is 1. The van der Waals surface area contributed by atoms with E-state index in [9.17, 15) is 0 Å². The van der Waals surface area contributed by atoms with Gasteiger partial charge in [-0.05, 0) is 69.2 Å². The third-order valence-electron chi connectivity index (χ3n) is 4.45. The topological polar surface area (TPSA) is 21.3 Å². The molecule has 0 heterocycles. The second kappa shape index (κ2) is 5.31. The summed E-state index contributed by atoms with van der Waals surface area (Å²) in [6.07, 6.45) is 9.15. The van der Waals surface area contributed by atoms with Crippen molar-refractivity contribution in [3.63, 3.8) is 0 Å². The first-order chi connectivity index (χ1) is 8.88. The van der Waals surface area contributed by atoms with Gasteiger partial charge in [0.25, 0.3) is 0 Å². The average molecular weight is 245 g/mol. The van der Waals surface area contributed by atoms with Crippen molar-refractivity contribution < 1.29 is 4.74 Å². The lowest BCUT2D eigenvalue weighted by Gasteiger charge is -2.25. The molecule has 0 radical (unpaired) electrons. The lowest BCUT2D eigenvalue weighted by atomic mass is 9.91. The fourth-order valence-electron chi connectivity index (χ4n) is 3.42. The largest absolute Gasteiger partial charge is 0.489 e. The Hall–Kier alpha value is -1.02. The van der Waals surface area contributed by atoms with Crippen LogP contribution in [0.3, 0.4) is 0 Å². The summed E-state index contributed by atoms with van der Waals surface area (Å²) in [5, 5.41) is 3.39. The Labute approximate surface area is 110 Å². The molecule has 2 aliphatic rings. The molecule has 0 saturated heterocycles. The van der Waals surface area contributed by atoms with Crippen molar-refractivity contribution >= 4 is 0 Å².